The molecule has 0 bridgehead atoms. The number of rotatable bonds is 4. The molecule has 1 aromatic carbocycles. The predicted octanol–water partition coefficient (Wildman–Crippen LogP) is 2.41. The van der Waals surface area contributed by atoms with Gasteiger partial charge in [0.25, 0.3) is 5.91 Å². The topological polar surface area (TPSA) is 101 Å². The van der Waals surface area contributed by atoms with Crippen LogP contribution >= 0.6 is 11.6 Å². The third-order valence-corrected chi connectivity index (χ3v) is 4.98. The van der Waals surface area contributed by atoms with Crippen LogP contribution < -0.4 is 16.0 Å². The van der Waals surface area contributed by atoms with Crippen molar-refractivity contribution in [3.8, 4) is 0 Å². The molecule has 12 heteroatoms. The van der Waals surface area contributed by atoms with Gasteiger partial charge in [0, 0.05) is 19.0 Å². The molecule has 1 aliphatic rings. The summed E-state index contributed by atoms with van der Waals surface area (Å²) in [5.41, 5.74) is 5.87. The zero-order valence-corrected chi connectivity index (χ0v) is 16.0. The van der Waals surface area contributed by atoms with Gasteiger partial charge in [0.2, 0.25) is 0 Å². The number of carbonyl (C=O) groups is 2. The highest BCUT2D eigenvalue weighted by molar-refractivity contribution is 6.29. The number of anilines is 1. The number of nitrogens with zero attached hydrogens (tertiary/aromatic N) is 3. The van der Waals surface area contributed by atoms with Crippen molar-refractivity contribution in [1.29, 1.82) is 0 Å². The Morgan fingerprint density at radius 2 is 1.87 bits per heavy atom. The number of nitrogens with one attached hydrogen (secondary N) is 1. The van der Waals surface area contributed by atoms with Crippen LogP contribution in [-0.2, 0) is 4.79 Å². The molecule has 2 atom stereocenters. The molecule has 0 spiro atoms. The smallest absolute Gasteiger partial charge is 0.365 e. The van der Waals surface area contributed by atoms with E-state index in [1.807, 2.05) is 5.32 Å². The van der Waals surface area contributed by atoms with Crippen LogP contribution in [0.3, 0.4) is 0 Å². The lowest BCUT2D eigenvalue weighted by Crippen LogP contribution is -2.54. The zero-order chi connectivity index (χ0) is 22.1. The summed E-state index contributed by atoms with van der Waals surface area (Å²) in [6.45, 7) is 0.164. The maximum Gasteiger partial charge on any atom is 0.471 e. The lowest BCUT2D eigenvalue weighted by Gasteiger charge is -2.40. The molecule has 0 saturated carbocycles. The number of benzene rings is 1. The molecule has 1 aromatic heterocycles. The predicted molar refractivity (Wildman–Crippen MR) is 99.5 cm³/mol. The molecule has 1 aliphatic heterocycles. The molecular weight excluding hydrogens is 430 g/mol. The molecule has 2 aromatic rings. The molecule has 3 N–H and O–H groups in total. The lowest BCUT2D eigenvalue weighted by molar-refractivity contribution is -0.174. The highest BCUT2D eigenvalue weighted by Crippen LogP contribution is 2.32. The number of hydrogen-bond donors (Lipinski definition) is 2. The number of carbonyl (C=O) groups excluding carboxylic acids is 2. The van der Waals surface area contributed by atoms with Crippen LogP contribution in [0, 0.1) is 5.82 Å². The maximum atomic E-state index is 13.3. The van der Waals surface area contributed by atoms with E-state index in [0.717, 1.165) is 0 Å². The first-order chi connectivity index (χ1) is 14.1. The van der Waals surface area contributed by atoms with Gasteiger partial charge < -0.3 is 16.0 Å². The van der Waals surface area contributed by atoms with Crippen LogP contribution in [0.25, 0.3) is 0 Å². The Labute approximate surface area is 173 Å². The van der Waals surface area contributed by atoms with Gasteiger partial charge in [-0.25, -0.2) is 4.39 Å². The summed E-state index contributed by atoms with van der Waals surface area (Å²) in [5.74, 6) is -3.90. The van der Waals surface area contributed by atoms with Crippen molar-refractivity contribution in [2.45, 2.75) is 24.6 Å². The van der Waals surface area contributed by atoms with Gasteiger partial charge in [-0.15, -0.1) is 10.2 Å². The number of hydrogen-bond acceptors (Lipinski definition) is 5. The van der Waals surface area contributed by atoms with Crippen LogP contribution in [0.1, 0.15) is 28.3 Å². The first-order valence-corrected chi connectivity index (χ1v) is 9.15. The minimum absolute atomic E-state index is 0.0452. The summed E-state index contributed by atoms with van der Waals surface area (Å²) < 4.78 is 51.8. The fourth-order valence-corrected chi connectivity index (χ4v) is 3.57. The van der Waals surface area contributed by atoms with Crippen molar-refractivity contribution >= 4 is 29.2 Å². The quantitative estimate of drug-likeness (QED) is 0.704. The molecule has 2 heterocycles. The Hall–Kier alpha value is -2.95. The number of nitrogens with two attached hydrogens (primary N) is 1. The molecule has 2 amide bonds. The number of amides is 2. The first-order valence-electron chi connectivity index (χ1n) is 8.77. The fourth-order valence-electron chi connectivity index (χ4n) is 3.43. The lowest BCUT2D eigenvalue weighted by atomic mass is 9.85. The van der Waals surface area contributed by atoms with E-state index in [4.69, 9.17) is 17.3 Å². The summed E-state index contributed by atoms with van der Waals surface area (Å²) in [6, 6.07) is 5.51. The van der Waals surface area contributed by atoms with E-state index in [1.165, 1.54) is 35.2 Å². The Morgan fingerprint density at radius 3 is 2.47 bits per heavy atom. The summed E-state index contributed by atoms with van der Waals surface area (Å²) in [6.07, 6.45) is -4.79. The molecule has 160 valence electrons. The van der Waals surface area contributed by atoms with Crippen molar-refractivity contribution < 1.29 is 27.2 Å². The number of piperidine rings is 1. The second-order valence-electron chi connectivity index (χ2n) is 6.74. The third kappa shape index (κ3) is 4.78. The molecule has 0 aliphatic carbocycles. The van der Waals surface area contributed by atoms with Crippen LogP contribution in [0.2, 0.25) is 5.15 Å². The molecule has 1 saturated heterocycles. The van der Waals surface area contributed by atoms with Crippen LogP contribution in [0.5, 0.6) is 0 Å². The molecular formula is C18H16ClF4N5O2. The number of primary amides is 1. The van der Waals surface area contributed by atoms with Gasteiger partial charge >= 0.3 is 12.1 Å². The van der Waals surface area contributed by atoms with Gasteiger partial charge in [0.1, 0.15) is 5.82 Å². The van der Waals surface area contributed by atoms with Crippen molar-refractivity contribution in [3.63, 3.8) is 0 Å². The SMILES string of the molecule is NC(=O)c1cc(Cl)nnc1N1CCC(c2ccc(F)cc2)C(NC(=O)C(F)(F)F)C1. The van der Waals surface area contributed by atoms with E-state index < -0.39 is 35.8 Å². The maximum absolute atomic E-state index is 13.3. The van der Waals surface area contributed by atoms with Crippen molar-refractivity contribution in [2.75, 3.05) is 18.0 Å². The third-order valence-electron chi connectivity index (χ3n) is 4.79. The van der Waals surface area contributed by atoms with Crippen molar-refractivity contribution in [3.05, 3.63) is 52.4 Å². The van der Waals surface area contributed by atoms with Gasteiger partial charge in [0.15, 0.2) is 11.0 Å². The van der Waals surface area contributed by atoms with Crippen molar-refractivity contribution in [1.82, 2.24) is 15.5 Å². The first kappa shape index (κ1) is 21.8. The Bertz CT molecular complexity index is 955. The van der Waals surface area contributed by atoms with Gasteiger partial charge in [0.05, 0.1) is 11.6 Å². The van der Waals surface area contributed by atoms with E-state index >= 15 is 0 Å². The van der Waals surface area contributed by atoms with E-state index in [1.54, 1.807) is 0 Å². The van der Waals surface area contributed by atoms with Gasteiger partial charge in [-0.3, -0.25) is 9.59 Å². The minimum Gasteiger partial charge on any atom is -0.365 e. The largest absolute Gasteiger partial charge is 0.471 e. The summed E-state index contributed by atoms with van der Waals surface area (Å²) in [4.78, 5) is 24.8. The van der Waals surface area contributed by atoms with Crippen molar-refractivity contribution in [2.24, 2.45) is 5.73 Å². The van der Waals surface area contributed by atoms with E-state index in [0.29, 0.717) is 5.56 Å². The van der Waals surface area contributed by atoms with Gasteiger partial charge in [-0.1, -0.05) is 23.7 Å². The normalized spacial score (nSPS) is 19.4. The monoisotopic (exact) mass is 445 g/mol. The molecule has 0 radical (unpaired) electrons. The molecule has 3 rings (SSSR count). The molecule has 2 unspecified atom stereocenters. The number of aromatic nitrogens is 2. The summed E-state index contributed by atoms with van der Waals surface area (Å²) >= 11 is 5.75. The Balaban J connectivity index is 1.93. The van der Waals surface area contributed by atoms with Gasteiger partial charge in [-0.2, -0.15) is 13.2 Å². The van der Waals surface area contributed by atoms with Gasteiger partial charge in [-0.05, 0) is 30.2 Å². The second kappa shape index (κ2) is 8.42. The Morgan fingerprint density at radius 1 is 1.20 bits per heavy atom. The standard InChI is InChI=1S/C18H16ClF4N5O2/c19-14-7-12(15(24)29)16(27-26-14)28-6-5-11(9-1-3-10(20)4-2-9)13(8-28)25-17(30)18(21,22)23/h1-4,7,11,13H,5-6,8H2,(H2,24,29)(H,25,30). The minimum atomic E-state index is -5.08. The molecule has 30 heavy (non-hydrogen) atoms. The Kier molecular flexibility index (Phi) is 6.11. The van der Waals surface area contributed by atoms with E-state index in [2.05, 4.69) is 10.2 Å². The van der Waals surface area contributed by atoms with Crippen LogP contribution in [0.15, 0.2) is 30.3 Å². The van der Waals surface area contributed by atoms with E-state index in [-0.39, 0.29) is 36.0 Å². The highest BCUT2D eigenvalue weighted by atomic mass is 35.5. The second-order valence-corrected chi connectivity index (χ2v) is 7.13. The molecule has 7 nitrogen and oxygen atoms in total. The number of alkyl halides is 3. The number of halogens is 5. The molecule has 1 fully saturated rings. The highest BCUT2D eigenvalue weighted by Gasteiger charge is 2.42. The summed E-state index contributed by atoms with van der Waals surface area (Å²) in [7, 11) is 0. The summed E-state index contributed by atoms with van der Waals surface area (Å²) in [5, 5.41) is 9.44. The zero-order valence-electron chi connectivity index (χ0n) is 15.3. The average Bonchev–Trinajstić information content (AvgIpc) is 2.68. The van der Waals surface area contributed by atoms with E-state index in [9.17, 15) is 27.2 Å². The fraction of sp³-hybridized carbons (Fsp3) is 0.333. The van der Waals surface area contributed by atoms with Crippen LogP contribution in [0.4, 0.5) is 23.4 Å². The van der Waals surface area contributed by atoms with Crippen LogP contribution in [-0.4, -0.2) is 47.3 Å². The average molecular weight is 446 g/mol.